The molecule has 1 fully saturated rings. The lowest BCUT2D eigenvalue weighted by molar-refractivity contribution is -0.117. The zero-order chi connectivity index (χ0) is 11.7. The van der Waals surface area contributed by atoms with Crippen LogP contribution in [0, 0.1) is 11.6 Å². The minimum Gasteiger partial charge on any atom is -0.394 e. The second kappa shape index (κ2) is 4.17. The predicted octanol–water partition coefficient (Wildman–Crippen LogP) is 1.45. The fourth-order valence-electron chi connectivity index (χ4n) is 1.95. The summed E-state index contributed by atoms with van der Waals surface area (Å²) in [5.41, 5.74) is 0.166. The molecule has 0 aromatic heterocycles. The maximum atomic E-state index is 13.0. The van der Waals surface area contributed by atoms with Crippen LogP contribution in [0.3, 0.4) is 0 Å². The van der Waals surface area contributed by atoms with Crippen molar-refractivity contribution in [1.82, 2.24) is 0 Å². The number of amides is 1. The molecule has 1 atom stereocenters. The minimum absolute atomic E-state index is 0.166. The largest absolute Gasteiger partial charge is 0.394 e. The summed E-state index contributed by atoms with van der Waals surface area (Å²) in [5, 5.41) is 9.07. The van der Waals surface area contributed by atoms with Gasteiger partial charge in [-0.1, -0.05) is 0 Å². The van der Waals surface area contributed by atoms with Crippen LogP contribution in [-0.4, -0.2) is 23.7 Å². The number of hydrogen-bond donors (Lipinski definition) is 1. The zero-order valence-electron chi connectivity index (χ0n) is 8.49. The normalized spacial score (nSPS) is 20.6. The molecular weight excluding hydrogens is 216 g/mol. The number of hydrogen-bond acceptors (Lipinski definition) is 2. The van der Waals surface area contributed by atoms with Crippen LogP contribution in [-0.2, 0) is 4.79 Å². The van der Waals surface area contributed by atoms with Gasteiger partial charge in [0.05, 0.1) is 12.6 Å². The van der Waals surface area contributed by atoms with Crippen molar-refractivity contribution in [1.29, 1.82) is 0 Å². The van der Waals surface area contributed by atoms with Crippen LogP contribution < -0.4 is 4.90 Å². The number of anilines is 1. The van der Waals surface area contributed by atoms with E-state index >= 15 is 0 Å². The van der Waals surface area contributed by atoms with Crippen LogP contribution in [0.25, 0.3) is 0 Å². The van der Waals surface area contributed by atoms with Crippen molar-refractivity contribution in [2.24, 2.45) is 0 Å². The van der Waals surface area contributed by atoms with Gasteiger partial charge in [-0.05, 0) is 18.6 Å². The fraction of sp³-hybridized carbons (Fsp3) is 0.364. The molecule has 3 nitrogen and oxygen atoms in total. The molecule has 0 bridgehead atoms. The van der Waals surface area contributed by atoms with Gasteiger partial charge in [-0.15, -0.1) is 0 Å². The molecule has 1 aromatic carbocycles. The number of carbonyl (C=O) groups excluding carboxylic acids is 1. The van der Waals surface area contributed by atoms with Crippen molar-refractivity contribution < 1.29 is 18.7 Å². The first-order valence-electron chi connectivity index (χ1n) is 5.01. The lowest BCUT2D eigenvalue weighted by atomic mass is 10.2. The topological polar surface area (TPSA) is 40.5 Å². The van der Waals surface area contributed by atoms with E-state index in [2.05, 4.69) is 0 Å². The maximum absolute atomic E-state index is 13.0. The SMILES string of the molecule is O=C1CCC(CO)N1c1cc(F)cc(F)c1. The van der Waals surface area contributed by atoms with Crippen molar-refractivity contribution in [3.63, 3.8) is 0 Å². The molecule has 1 saturated heterocycles. The molecule has 1 aliphatic rings. The third-order valence-corrected chi connectivity index (χ3v) is 2.66. The molecular formula is C11H11F2NO2. The highest BCUT2D eigenvalue weighted by Crippen LogP contribution is 2.27. The van der Waals surface area contributed by atoms with Gasteiger partial charge in [-0.3, -0.25) is 4.79 Å². The van der Waals surface area contributed by atoms with E-state index in [1.807, 2.05) is 0 Å². The molecule has 86 valence electrons. The van der Waals surface area contributed by atoms with Crippen molar-refractivity contribution in [2.45, 2.75) is 18.9 Å². The molecule has 1 N–H and O–H groups in total. The van der Waals surface area contributed by atoms with Crippen LogP contribution >= 0.6 is 0 Å². The summed E-state index contributed by atoms with van der Waals surface area (Å²) in [6.45, 7) is -0.204. The van der Waals surface area contributed by atoms with E-state index in [4.69, 9.17) is 5.11 Å². The first-order chi connectivity index (χ1) is 7.61. The summed E-state index contributed by atoms with van der Waals surface area (Å²) < 4.78 is 26.0. The Morgan fingerprint density at radius 3 is 2.50 bits per heavy atom. The average molecular weight is 227 g/mol. The molecule has 0 saturated carbocycles. The van der Waals surface area contributed by atoms with Crippen LogP contribution in [0.5, 0.6) is 0 Å². The Morgan fingerprint density at radius 1 is 1.31 bits per heavy atom. The van der Waals surface area contributed by atoms with Crippen LogP contribution in [0.15, 0.2) is 18.2 Å². The third-order valence-electron chi connectivity index (χ3n) is 2.66. The Labute approximate surface area is 91.3 Å². The van der Waals surface area contributed by atoms with Crippen molar-refractivity contribution >= 4 is 11.6 Å². The van der Waals surface area contributed by atoms with E-state index in [0.717, 1.165) is 18.2 Å². The second-order valence-corrected chi connectivity index (χ2v) is 3.77. The van der Waals surface area contributed by atoms with Crippen LogP contribution in [0.4, 0.5) is 14.5 Å². The highest BCUT2D eigenvalue weighted by molar-refractivity contribution is 5.96. The quantitative estimate of drug-likeness (QED) is 0.830. The van der Waals surface area contributed by atoms with Crippen molar-refractivity contribution in [3.05, 3.63) is 29.8 Å². The molecule has 2 rings (SSSR count). The summed E-state index contributed by atoms with van der Waals surface area (Å²) in [5.74, 6) is -1.68. The molecule has 0 spiro atoms. The Hall–Kier alpha value is -1.49. The number of rotatable bonds is 2. The van der Waals surface area contributed by atoms with E-state index in [1.54, 1.807) is 0 Å². The van der Waals surface area contributed by atoms with Crippen LogP contribution in [0.1, 0.15) is 12.8 Å². The number of nitrogens with zero attached hydrogens (tertiary/aromatic N) is 1. The molecule has 0 radical (unpaired) electrons. The minimum atomic E-state index is -0.730. The van der Waals surface area contributed by atoms with Gasteiger partial charge < -0.3 is 10.0 Å². The smallest absolute Gasteiger partial charge is 0.227 e. The highest BCUT2D eigenvalue weighted by atomic mass is 19.1. The van der Waals surface area contributed by atoms with Crippen molar-refractivity contribution in [3.8, 4) is 0 Å². The molecule has 1 heterocycles. The summed E-state index contributed by atoms with van der Waals surface area (Å²) in [7, 11) is 0. The standard InChI is InChI=1S/C11H11F2NO2/c12-7-3-8(13)5-10(4-7)14-9(6-15)1-2-11(14)16/h3-5,9,15H,1-2,6H2. The first kappa shape index (κ1) is 11.0. The number of halogens is 2. The molecule has 5 heteroatoms. The lowest BCUT2D eigenvalue weighted by Gasteiger charge is -2.23. The average Bonchev–Trinajstić information content (AvgIpc) is 2.58. The second-order valence-electron chi connectivity index (χ2n) is 3.77. The molecule has 0 aliphatic carbocycles. The van der Waals surface area contributed by atoms with E-state index < -0.39 is 11.6 Å². The van der Waals surface area contributed by atoms with Crippen molar-refractivity contribution in [2.75, 3.05) is 11.5 Å². The highest BCUT2D eigenvalue weighted by Gasteiger charge is 2.31. The van der Waals surface area contributed by atoms with Crippen LogP contribution in [0.2, 0.25) is 0 Å². The molecule has 1 unspecified atom stereocenters. The fourth-order valence-corrected chi connectivity index (χ4v) is 1.95. The molecule has 16 heavy (non-hydrogen) atoms. The molecule has 1 amide bonds. The van der Waals surface area contributed by atoms with Gasteiger partial charge >= 0.3 is 0 Å². The van der Waals surface area contributed by atoms with Gasteiger partial charge in [0, 0.05) is 18.2 Å². The van der Waals surface area contributed by atoms with E-state index in [1.165, 1.54) is 4.90 Å². The van der Waals surface area contributed by atoms with E-state index in [-0.39, 0.29) is 24.2 Å². The summed E-state index contributed by atoms with van der Waals surface area (Å²) >= 11 is 0. The van der Waals surface area contributed by atoms with E-state index in [0.29, 0.717) is 12.8 Å². The Morgan fingerprint density at radius 2 is 1.94 bits per heavy atom. The zero-order valence-corrected chi connectivity index (χ0v) is 8.49. The maximum Gasteiger partial charge on any atom is 0.227 e. The Kier molecular flexibility index (Phi) is 2.87. The Bertz CT molecular complexity index is 402. The molecule has 1 aromatic rings. The monoisotopic (exact) mass is 227 g/mol. The lowest BCUT2D eigenvalue weighted by Crippen LogP contribution is -2.35. The number of aliphatic hydroxyl groups is 1. The number of aliphatic hydroxyl groups excluding tert-OH is 1. The van der Waals surface area contributed by atoms with Gasteiger partial charge in [-0.2, -0.15) is 0 Å². The summed E-state index contributed by atoms with van der Waals surface area (Å²) in [4.78, 5) is 12.8. The predicted molar refractivity (Wildman–Crippen MR) is 54.0 cm³/mol. The summed E-state index contributed by atoms with van der Waals surface area (Å²) in [6, 6.07) is 2.55. The molecule has 1 aliphatic heterocycles. The van der Waals surface area contributed by atoms with E-state index in [9.17, 15) is 13.6 Å². The summed E-state index contributed by atoms with van der Waals surface area (Å²) in [6.07, 6.45) is 0.802. The van der Waals surface area contributed by atoms with Gasteiger partial charge in [-0.25, -0.2) is 8.78 Å². The van der Waals surface area contributed by atoms with Gasteiger partial charge in [0.2, 0.25) is 5.91 Å². The van der Waals surface area contributed by atoms with Gasteiger partial charge in [0.15, 0.2) is 0 Å². The van der Waals surface area contributed by atoms with Gasteiger partial charge in [0.1, 0.15) is 11.6 Å². The Balaban J connectivity index is 2.38. The van der Waals surface area contributed by atoms with Gasteiger partial charge in [0.25, 0.3) is 0 Å². The first-order valence-corrected chi connectivity index (χ1v) is 5.01. The number of carbonyl (C=O) groups is 1. The number of benzene rings is 1. The third kappa shape index (κ3) is 1.90.